The van der Waals surface area contributed by atoms with Gasteiger partial charge in [-0.25, -0.2) is 4.79 Å². The number of hydrogen-bond acceptors (Lipinski definition) is 3. The number of urea groups is 1. The number of halogens is 1. The molecule has 0 aliphatic heterocycles. The summed E-state index contributed by atoms with van der Waals surface area (Å²) in [6.07, 6.45) is 3.25. The number of anilines is 1. The van der Waals surface area contributed by atoms with E-state index in [0.717, 1.165) is 21.4 Å². The van der Waals surface area contributed by atoms with Crippen molar-refractivity contribution in [1.29, 1.82) is 0 Å². The summed E-state index contributed by atoms with van der Waals surface area (Å²) >= 11 is 3.33. The molecule has 0 aromatic carbocycles. The Balaban J connectivity index is 1.98. The first kappa shape index (κ1) is 14.5. The number of amides is 2. The van der Waals surface area contributed by atoms with Crippen LogP contribution in [0.2, 0.25) is 0 Å². The third kappa shape index (κ3) is 3.16. The van der Waals surface area contributed by atoms with Crippen molar-refractivity contribution >= 4 is 27.6 Å². The second kappa shape index (κ2) is 6.04. The third-order valence-corrected chi connectivity index (χ3v) is 3.74. The largest absolute Gasteiger partial charge is 0.334 e. The zero-order valence-electron chi connectivity index (χ0n) is 11.6. The summed E-state index contributed by atoms with van der Waals surface area (Å²) in [7, 11) is 1.89. The molecule has 2 aromatic rings. The van der Waals surface area contributed by atoms with Crippen molar-refractivity contribution in [3.8, 4) is 0 Å². The molecule has 6 nitrogen and oxygen atoms in total. The Bertz CT molecular complexity index is 638. The average Bonchev–Trinajstić information content (AvgIpc) is 2.64. The van der Waals surface area contributed by atoms with Crippen LogP contribution in [0.3, 0.4) is 0 Å². The van der Waals surface area contributed by atoms with Gasteiger partial charge in [-0.15, -0.1) is 0 Å². The molecule has 0 aliphatic rings. The van der Waals surface area contributed by atoms with E-state index >= 15 is 0 Å². The van der Waals surface area contributed by atoms with E-state index in [2.05, 4.69) is 36.6 Å². The molecule has 106 valence electrons. The molecule has 2 heterocycles. The summed E-state index contributed by atoms with van der Waals surface area (Å²) in [5, 5.41) is 9.90. The van der Waals surface area contributed by atoms with Gasteiger partial charge in [-0.2, -0.15) is 5.10 Å². The van der Waals surface area contributed by atoms with Crippen molar-refractivity contribution in [3.05, 3.63) is 39.9 Å². The Hall–Kier alpha value is -1.89. The van der Waals surface area contributed by atoms with Gasteiger partial charge in [-0.05, 0) is 35.8 Å². The number of carbonyl (C=O) groups excluding carboxylic acids is 1. The maximum atomic E-state index is 11.9. The van der Waals surface area contributed by atoms with Crippen molar-refractivity contribution in [2.45, 2.75) is 20.4 Å². The molecule has 0 aliphatic carbocycles. The molecule has 0 bridgehead atoms. The van der Waals surface area contributed by atoms with Crippen LogP contribution in [0.4, 0.5) is 10.5 Å². The minimum atomic E-state index is -0.264. The van der Waals surface area contributed by atoms with Crippen molar-refractivity contribution < 1.29 is 4.79 Å². The van der Waals surface area contributed by atoms with Crippen molar-refractivity contribution in [1.82, 2.24) is 20.1 Å². The minimum Gasteiger partial charge on any atom is -0.334 e. The van der Waals surface area contributed by atoms with E-state index in [0.29, 0.717) is 12.2 Å². The molecular weight excluding hydrogens is 322 g/mol. The van der Waals surface area contributed by atoms with Gasteiger partial charge in [-0.3, -0.25) is 9.67 Å². The first-order valence-electron chi connectivity index (χ1n) is 6.12. The minimum absolute atomic E-state index is 0.264. The number of nitrogens with zero attached hydrogens (tertiary/aromatic N) is 3. The summed E-state index contributed by atoms with van der Waals surface area (Å²) in [5.74, 6) is 0. The van der Waals surface area contributed by atoms with E-state index in [4.69, 9.17) is 0 Å². The number of hydrogen-bond donors (Lipinski definition) is 2. The predicted molar refractivity (Wildman–Crippen MR) is 80.5 cm³/mol. The van der Waals surface area contributed by atoms with Crippen molar-refractivity contribution in [2.75, 3.05) is 5.32 Å². The van der Waals surface area contributed by atoms with Crippen LogP contribution >= 0.6 is 15.9 Å². The summed E-state index contributed by atoms with van der Waals surface area (Å²) in [6, 6.07) is 1.46. The van der Waals surface area contributed by atoms with Crippen LogP contribution in [0.1, 0.15) is 17.0 Å². The molecule has 0 radical (unpaired) electrons. The lowest BCUT2D eigenvalue weighted by Gasteiger charge is -2.09. The van der Waals surface area contributed by atoms with Crippen LogP contribution in [-0.2, 0) is 13.6 Å². The van der Waals surface area contributed by atoms with Gasteiger partial charge in [0.1, 0.15) is 0 Å². The SMILES string of the molecule is Cc1nn(C)c(C)c1CNC(=O)Nc1ccncc1Br. The molecular formula is C13H16BrN5O. The summed E-state index contributed by atoms with van der Waals surface area (Å²) in [6.45, 7) is 4.36. The fraction of sp³-hybridized carbons (Fsp3) is 0.308. The Kier molecular flexibility index (Phi) is 4.39. The lowest BCUT2D eigenvalue weighted by atomic mass is 10.2. The van der Waals surface area contributed by atoms with Gasteiger partial charge < -0.3 is 10.6 Å². The smallest absolute Gasteiger partial charge is 0.319 e. The fourth-order valence-corrected chi connectivity index (χ4v) is 2.23. The second-order valence-electron chi connectivity index (χ2n) is 4.44. The summed E-state index contributed by atoms with van der Waals surface area (Å²) in [4.78, 5) is 15.8. The van der Waals surface area contributed by atoms with Crippen molar-refractivity contribution in [3.63, 3.8) is 0 Å². The van der Waals surface area contributed by atoms with Crippen LogP contribution in [-0.4, -0.2) is 20.8 Å². The van der Waals surface area contributed by atoms with E-state index in [9.17, 15) is 4.79 Å². The Labute approximate surface area is 125 Å². The maximum Gasteiger partial charge on any atom is 0.319 e. The summed E-state index contributed by atoms with van der Waals surface area (Å²) in [5.41, 5.74) is 3.69. The maximum absolute atomic E-state index is 11.9. The molecule has 0 unspecified atom stereocenters. The van der Waals surface area contributed by atoms with Gasteiger partial charge in [0.2, 0.25) is 0 Å². The number of carbonyl (C=O) groups is 1. The molecule has 0 saturated heterocycles. The van der Waals surface area contributed by atoms with E-state index in [1.165, 1.54) is 0 Å². The highest BCUT2D eigenvalue weighted by molar-refractivity contribution is 9.10. The number of nitrogens with one attached hydrogen (secondary N) is 2. The van der Waals surface area contributed by atoms with Gasteiger partial charge in [0.25, 0.3) is 0 Å². The highest BCUT2D eigenvalue weighted by Crippen LogP contribution is 2.19. The van der Waals surface area contributed by atoms with Crippen LogP contribution in [0.15, 0.2) is 22.9 Å². The van der Waals surface area contributed by atoms with E-state index in [-0.39, 0.29) is 6.03 Å². The number of aryl methyl sites for hydroxylation is 2. The van der Waals surface area contributed by atoms with E-state index in [1.54, 1.807) is 18.5 Å². The Morgan fingerprint density at radius 3 is 2.80 bits per heavy atom. The van der Waals surface area contributed by atoms with Gasteiger partial charge in [0.15, 0.2) is 0 Å². The van der Waals surface area contributed by atoms with Gasteiger partial charge >= 0.3 is 6.03 Å². The molecule has 0 fully saturated rings. The van der Waals surface area contributed by atoms with Gasteiger partial charge in [0.05, 0.1) is 15.9 Å². The summed E-state index contributed by atoms with van der Waals surface area (Å²) < 4.78 is 2.55. The Morgan fingerprint density at radius 2 is 2.20 bits per heavy atom. The fourth-order valence-electron chi connectivity index (χ4n) is 1.89. The lowest BCUT2D eigenvalue weighted by Crippen LogP contribution is -2.28. The topological polar surface area (TPSA) is 71.8 Å². The lowest BCUT2D eigenvalue weighted by molar-refractivity contribution is 0.251. The highest BCUT2D eigenvalue weighted by atomic mass is 79.9. The molecule has 0 atom stereocenters. The number of pyridine rings is 1. The predicted octanol–water partition coefficient (Wildman–Crippen LogP) is 2.52. The van der Waals surface area contributed by atoms with Crippen LogP contribution in [0.5, 0.6) is 0 Å². The van der Waals surface area contributed by atoms with Crippen LogP contribution in [0.25, 0.3) is 0 Å². The van der Waals surface area contributed by atoms with E-state index in [1.807, 2.05) is 25.6 Å². The molecule has 2 aromatic heterocycles. The zero-order valence-corrected chi connectivity index (χ0v) is 13.2. The standard InChI is InChI=1S/C13H16BrN5O/c1-8-10(9(2)19(3)18-8)6-16-13(20)17-12-4-5-15-7-11(12)14/h4-5,7H,6H2,1-3H3,(H2,15,16,17,20). The molecule has 20 heavy (non-hydrogen) atoms. The van der Waals surface area contributed by atoms with Crippen LogP contribution in [0, 0.1) is 13.8 Å². The first-order valence-corrected chi connectivity index (χ1v) is 6.91. The first-order chi connectivity index (χ1) is 9.49. The number of rotatable bonds is 3. The molecule has 0 spiro atoms. The van der Waals surface area contributed by atoms with E-state index < -0.39 is 0 Å². The number of aromatic nitrogens is 3. The molecule has 2 N–H and O–H groups in total. The molecule has 7 heteroatoms. The van der Waals surface area contributed by atoms with Gasteiger partial charge in [-0.1, -0.05) is 0 Å². The molecule has 0 saturated carbocycles. The van der Waals surface area contributed by atoms with Crippen molar-refractivity contribution in [2.24, 2.45) is 7.05 Å². The monoisotopic (exact) mass is 337 g/mol. The van der Waals surface area contributed by atoms with Gasteiger partial charge in [0, 0.05) is 37.2 Å². The third-order valence-electron chi connectivity index (χ3n) is 3.11. The normalized spacial score (nSPS) is 10.4. The zero-order chi connectivity index (χ0) is 14.7. The van der Waals surface area contributed by atoms with Crippen LogP contribution < -0.4 is 10.6 Å². The quantitative estimate of drug-likeness (QED) is 0.903. The molecule has 2 rings (SSSR count). The second-order valence-corrected chi connectivity index (χ2v) is 5.29. The highest BCUT2D eigenvalue weighted by Gasteiger charge is 2.11. The Morgan fingerprint density at radius 1 is 1.45 bits per heavy atom. The molecule has 2 amide bonds. The average molecular weight is 338 g/mol.